The van der Waals surface area contributed by atoms with E-state index in [1.165, 1.54) is 7.11 Å². The molecule has 0 bridgehead atoms. The number of rotatable bonds is 1. The average molecular weight is 184 g/mol. The lowest BCUT2D eigenvalue weighted by molar-refractivity contribution is -0.158. The molecule has 1 saturated carbocycles. The molecule has 2 unspecified atom stereocenters. The van der Waals surface area contributed by atoms with E-state index in [-0.39, 0.29) is 16.8 Å². The molecule has 0 aromatic carbocycles. The quantitative estimate of drug-likeness (QED) is 0.585. The van der Waals surface area contributed by atoms with Crippen molar-refractivity contribution in [2.45, 2.75) is 40.5 Å². The van der Waals surface area contributed by atoms with Crippen LogP contribution in [0.5, 0.6) is 0 Å². The SMILES string of the molecule is COC(=O)C1(C)CCC(C)C1(C)C. The van der Waals surface area contributed by atoms with Crippen LogP contribution in [0.2, 0.25) is 0 Å². The fraction of sp³-hybridized carbons (Fsp3) is 0.909. The van der Waals surface area contributed by atoms with E-state index in [2.05, 4.69) is 20.8 Å². The lowest BCUT2D eigenvalue weighted by Crippen LogP contribution is -2.40. The Balaban J connectivity index is 2.98. The van der Waals surface area contributed by atoms with Gasteiger partial charge in [0, 0.05) is 0 Å². The summed E-state index contributed by atoms with van der Waals surface area (Å²) in [6.07, 6.45) is 2.08. The van der Waals surface area contributed by atoms with Gasteiger partial charge in [-0.2, -0.15) is 0 Å². The Labute approximate surface area is 80.7 Å². The van der Waals surface area contributed by atoms with Gasteiger partial charge in [-0.3, -0.25) is 4.79 Å². The number of carbonyl (C=O) groups is 1. The van der Waals surface area contributed by atoms with Crippen molar-refractivity contribution in [2.75, 3.05) is 7.11 Å². The Hall–Kier alpha value is -0.530. The van der Waals surface area contributed by atoms with E-state index in [1.54, 1.807) is 0 Å². The van der Waals surface area contributed by atoms with Crippen LogP contribution >= 0.6 is 0 Å². The second-order valence-electron chi connectivity index (χ2n) is 4.99. The largest absolute Gasteiger partial charge is 0.469 e. The molecule has 0 aliphatic heterocycles. The van der Waals surface area contributed by atoms with E-state index in [1.807, 2.05) is 6.92 Å². The first-order chi connectivity index (χ1) is 5.86. The minimum absolute atomic E-state index is 0.0538. The summed E-state index contributed by atoms with van der Waals surface area (Å²) < 4.78 is 4.88. The fourth-order valence-corrected chi connectivity index (χ4v) is 2.32. The predicted molar refractivity (Wildman–Crippen MR) is 52.3 cm³/mol. The molecule has 1 aliphatic carbocycles. The number of ether oxygens (including phenoxy) is 1. The molecule has 0 spiro atoms. The highest BCUT2D eigenvalue weighted by molar-refractivity contribution is 5.77. The van der Waals surface area contributed by atoms with Gasteiger partial charge in [-0.05, 0) is 31.1 Å². The predicted octanol–water partition coefficient (Wildman–Crippen LogP) is 2.62. The van der Waals surface area contributed by atoms with Crippen molar-refractivity contribution < 1.29 is 9.53 Å². The molecular formula is C11H20O2. The lowest BCUT2D eigenvalue weighted by Gasteiger charge is -2.38. The first kappa shape index (κ1) is 10.6. The number of methoxy groups -OCH3 is 1. The molecule has 13 heavy (non-hydrogen) atoms. The van der Waals surface area contributed by atoms with Gasteiger partial charge >= 0.3 is 5.97 Å². The minimum Gasteiger partial charge on any atom is -0.469 e. The molecule has 1 rings (SSSR count). The molecule has 0 aromatic heterocycles. The van der Waals surface area contributed by atoms with Gasteiger partial charge in [0.2, 0.25) is 0 Å². The summed E-state index contributed by atoms with van der Waals surface area (Å²) in [5.41, 5.74) is -0.235. The van der Waals surface area contributed by atoms with E-state index >= 15 is 0 Å². The maximum absolute atomic E-state index is 11.7. The third-order valence-corrected chi connectivity index (χ3v) is 4.37. The monoisotopic (exact) mass is 184 g/mol. The summed E-state index contributed by atoms with van der Waals surface area (Å²) in [7, 11) is 1.48. The van der Waals surface area contributed by atoms with E-state index in [0.29, 0.717) is 5.92 Å². The van der Waals surface area contributed by atoms with Crippen molar-refractivity contribution in [1.82, 2.24) is 0 Å². The van der Waals surface area contributed by atoms with E-state index < -0.39 is 0 Å². The molecule has 2 atom stereocenters. The van der Waals surface area contributed by atoms with Crippen LogP contribution in [0.1, 0.15) is 40.5 Å². The molecule has 0 aromatic rings. The van der Waals surface area contributed by atoms with Crippen LogP contribution in [0, 0.1) is 16.7 Å². The van der Waals surface area contributed by atoms with Gasteiger partial charge in [-0.1, -0.05) is 20.8 Å². The van der Waals surface area contributed by atoms with E-state index in [9.17, 15) is 4.79 Å². The van der Waals surface area contributed by atoms with Crippen molar-refractivity contribution in [3.63, 3.8) is 0 Å². The van der Waals surface area contributed by atoms with Gasteiger partial charge in [0.25, 0.3) is 0 Å². The molecule has 0 heterocycles. The van der Waals surface area contributed by atoms with Crippen LogP contribution in [-0.2, 0) is 9.53 Å². The van der Waals surface area contributed by atoms with Crippen molar-refractivity contribution in [2.24, 2.45) is 16.7 Å². The third kappa shape index (κ3) is 1.27. The maximum Gasteiger partial charge on any atom is 0.312 e. The van der Waals surface area contributed by atoms with Gasteiger partial charge in [0.05, 0.1) is 12.5 Å². The second kappa shape index (κ2) is 3.00. The number of carbonyl (C=O) groups excluding carboxylic acids is 1. The standard InChI is InChI=1S/C11H20O2/c1-8-6-7-11(4,9(12)13-5)10(8,2)3/h8H,6-7H2,1-5H3. The molecule has 0 amide bonds. The molecule has 2 heteroatoms. The first-order valence-electron chi connectivity index (χ1n) is 4.94. The topological polar surface area (TPSA) is 26.3 Å². The molecule has 1 aliphatic rings. The van der Waals surface area contributed by atoms with Crippen LogP contribution in [0.25, 0.3) is 0 Å². The molecule has 0 radical (unpaired) electrons. The van der Waals surface area contributed by atoms with Crippen molar-refractivity contribution in [3.8, 4) is 0 Å². The molecule has 76 valence electrons. The number of esters is 1. The molecule has 1 fully saturated rings. The smallest absolute Gasteiger partial charge is 0.312 e. The van der Waals surface area contributed by atoms with E-state index in [0.717, 1.165) is 12.8 Å². The normalized spacial score (nSPS) is 37.5. The van der Waals surface area contributed by atoms with Gasteiger partial charge < -0.3 is 4.74 Å². The summed E-state index contributed by atoms with van der Waals surface area (Å²) in [4.78, 5) is 11.7. The number of hydrogen-bond donors (Lipinski definition) is 0. The van der Waals surface area contributed by atoms with Crippen molar-refractivity contribution in [1.29, 1.82) is 0 Å². The first-order valence-corrected chi connectivity index (χ1v) is 4.94. The highest BCUT2D eigenvalue weighted by Crippen LogP contribution is 2.56. The Morgan fingerprint density at radius 1 is 1.38 bits per heavy atom. The minimum atomic E-state index is -0.291. The van der Waals surface area contributed by atoms with Crippen molar-refractivity contribution in [3.05, 3.63) is 0 Å². The van der Waals surface area contributed by atoms with Gasteiger partial charge in [-0.15, -0.1) is 0 Å². The Kier molecular flexibility index (Phi) is 2.44. The number of hydrogen-bond acceptors (Lipinski definition) is 2. The zero-order valence-corrected chi connectivity index (χ0v) is 9.31. The average Bonchev–Trinajstić information content (AvgIpc) is 2.29. The van der Waals surface area contributed by atoms with Crippen LogP contribution in [0.4, 0.5) is 0 Å². The zero-order valence-electron chi connectivity index (χ0n) is 9.31. The van der Waals surface area contributed by atoms with Crippen LogP contribution in [0.3, 0.4) is 0 Å². The highest BCUT2D eigenvalue weighted by atomic mass is 16.5. The molecular weight excluding hydrogens is 164 g/mol. The summed E-state index contributed by atoms with van der Waals surface area (Å²) >= 11 is 0. The molecule has 2 nitrogen and oxygen atoms in total. The van der Waals surface area contributed by atoms with Crippen molar-refractivity contribution >= 4 is 5.97 Å². The fourth-order valence-electron chi connectivity index (χ4n) is 2.32. The van der Waals surface area contributed by atoms with Crippen LogP contribution < -0.4 is 0 Å². The summed E-state index contributed by atoms with van der Waals surface area (Å²) in [5.74, 6) is 0.540. The zero-order chi connectivity index (χ0) is 10.3. The van der Waals surface area contributed by atoms with Crippen LogP contribution in [0.15, 0.2) is 0 Å². The second-order valence-corrected chi connectivity index (χ2v) is 4.99. The summed E-state index contributed by atoms with van der Waals surface area (Å²) in [6.45, 7) is 8.58. The Morgan fingerprint density at radius 3 is 2.23 bits per heavy atom. The van der Waals surface area contributed by atoms with Gasteiger partial charge in [-0.25, -0.2) is 0 Å². The Morgan fingerprint density at radius 2 is 1.92 bits per heavy atom. The lowest BCUT2D eigenvalue weighted by atomic mass is 9.66. The van der Waals surface area contributed by atoms with Gasteiger partial charge in [0.1, 0.15) is 0 Å². The summed E-state index contributed by atoms with van der Waals surface area (Å²) in [6, 6.07) is 0. The summed E-state index contributed by atoms with van der Waals surface area (Å²) in [5, 5.41) is 0. The molecule has 0 N–H and O–H groups in total. The van der Waals surface area contributed by atoms with E-state index in [4.69, 9.17) is 4.74 Å². The molecule has 0 saturated heterocycles. The highest BCUT2D eigenvalue weighted by Gasteiger charge is 2.54. The van der Waals surface area contributed by atoms with Crippen LogP contribution in [-0.4, -0.2) is 13.1 Å². The van der Waals surface area contributed by atoms with Gasteiger partial charge in [0.15, 0.2) is 0 Å². The third-order valence-electron chi connectivity index (χ3n) is 4.37. The Bertz CT molecular complexity index is 220. The maximum atomic E-state index is 11.7.